The molecule has 0 spiro atoms. The average molecular weight is 380 g/mol. The minimum absolute atomic E-state index is 0.0757. The summed E-state index contributed by atoms with van der Waals surface area (Å²) in [5.74, 6) is 1.31. The van der Waals surface area contributed by atoms with Crippen LogP contribution in [-0.2, 0) is 9.53 Å². The van der Waals surface area contributed by atoms with E-state index in [4.69, 9.17) is 14.2 Å². The lowest BCUT2D eigenvalue weighted by molar-refractivity contribution is -0.117. The molecule has 2 aromatic rings. The summed E-state index contributed by atoms with van der Waals surface area (Å²) < 4.78 is 16.1. The van der Waals surface area contributed by atoms with Crippen molar-refractivity contribution in [3.05, 3.63) is 65.7 Å². The summed E-state index contributed by atoms with van der Waals surface area (Å²) in [6.45, 7) is 4.23. The monoisotopic (exact) mass is 380 g/mol. The van der Waals surface area contributed by atoms with E-state index in [2.05, 4.69) is 10.2 Å². The van der Waals surface area contributed by atoms with E-state index in [1.807, 2.05) is 48.5 Å². The molecule has 1 saturated heterocycles. The molecule has 0 bridgehead atoms. The van der Waals surface area contributed by atoms with Crippen molar-refractivity contribution in [2.24, 2.45) is 0 Å². The van der Waals surface area contributed by atoms with Crippen LogP contribution >= 0.6 is 0 Å². The van der Waals surface area contributed by atoms with Gasteiger partial charge in [0.2, 0.25) is 12.7 Å². The molecule has 0 radical (unpaired) electrons. The normalized spacial score (nSPS) is 17.6. The quantitative estimate of drug-likeness (QED) is 0.781. The number of fused-ring (bicyclic) bond motifs is 1. The van der Waals surface area contributed by atoms with Crippen LogP contribution in [0.2, 0.25) is 0 Å². The van der Waals surface area contributed by atoms with E-state index in [1.54, 1.807) is 12.2 Å². The lowest BCUT2D eigenvalue weighted by atomic mass is 10.1. The number of morpholine rings is 1. The minimum Gasteiger partial charge on any atom is -0.454 e. The maximum absolute atomic E-state index is 12.6. The van der Waals surface area contributed by atoms with Crippen molar-refractivity contribution in [2.45, 2.75) is 6.04 Å². The Morgan fingerprint density at radius 3 is 2.68 bits per heavy atom. The molecule has 1 amide bonds. The van der Waals surface area contributed by atoms with Gasteiger partial charge in [-0.1, -0.05) is 36.4 Å². The highest BCUT2D eigenvalue weighted by Gasteiger charge is 2.19. The number of nitrogens with zero attached hydrogens (tertiary/aromatic N) is 1. The largest absolute Gasteiger partial charge is 0.454 e. The Bertz CT molecular complexity index is 832. The highest BCUT2D eigenvalue weighted by molar-refractivity contribution is 5.92. The van der Waals surface area contributed by atoms with E-state index < -0.39 is 0 Å². The van der Waals surface area contributed by atoms with E-state index in [0.717, 1.165) is 49.7 Å². The van der Waals surface area contributed by atoms with Gasteiger partial charge in [0.05, 0.1) is 19.3 Å². The standard InChI is InChI=1S/C22H24N2O4/c25-22(9-7-17-6-8-20-21(14-17)28-16-27-20)23-19(18-4-2-1-3-5-18)15-24-10-12-26-13-11-24/h1-9,14,19H,10-13,15-16H2,(H,23,25)/b9-7+. The van der Waals surface area contributed by atoms with E-state index in [9.17, 15) is 4.79 Å². The van der Waals surface area contributed by atoms with Gasteiger partial charge < -0.3 is 19.5 Å². The smallest absolute Gasteiger partial charge is 0.244 e. The van der Waals surface area contributed by atoms with Gasteiger partial charge in [0.1, 0.15) is 0 Å². The number of benzene rings is 2. The lowest BCUT2D eigenvalue weighted by Gasteiger charge is -2.31. The molecule has 28 heavy (non-hydrogen) atoms. The van der Waals surface area contributed by atoms with Crippen molar-refractivity contribution < 1.29 is 19.0 Å². The summed E-state index contributed by atoms with van der Waals surface area (Å²) in [4.78, 5) is 14.9. The van der Waals surface area contributed by atoms with Crippen LogP contribution in [0.4, 0.5) is 0 Å². The Morgan fingerprint density at radius 2 is 1.86 bits per heavy atom. The Kier molecular flexibility index (Phi) is 5.89. The fourth-order valence-electron chi connectivity index (χ4n) is 3.37. The number of nitrogens with one attached hydrogen (secondary N) is 1. The molecule has 2 heterocycles. The molecule has 1 unspecified atom stereocenters. The molecule has 4 rings (SSSR count). The molecule has 146 valence electrons. The number of carbonyl (C=O) groups excluding carboxylic acids is 1. The minimum atomic E-state index is -0.125. The van der Waals surface area contributed by atoms with Gasteiger partial charge in [0, 0.05) is 25.7 Å². The first-order valence-corrected chi connectivity index (χ1v) is 9.51. The number of hydrogen-bond donors (Lipinski definition) is 1. The van der Waals surface area contributed by atoms with Crippen molar-refractivity contribution in [1.29, 1.82) is 0 Å². The molecule has 0 aliphatic carbocycles. The summed E-state index contributed by atoms with van der Waals surface area (Å²) in [5, 5.41) is 3.14. The number of amides is 1. The Labute approximate surface area is 164 Å². The molecule has 2 aromatic carbocycles. The van der Waals surface area contributed by atoms with Gasteiger partial charge in [-0.05, 0) is 29.3 Å². The first-order chi connectivity index (χ1) is 13.8. The predicted octanol–water partition coefficient (Wildman–Crippen LogP) is 2.62. The van der Waals surface area contributed by atoms with E-state index in [-0.39, 0.29) is 18.7 Å². The second kappa shape index (κ2) is 8.91. The molecular formula is C22H24N2O4. The third-order valence-electron chi connectivity index (χ3n) is 4.89. The molecule has 1 N–H and O–H groups in total. The summed E-state index contributed by atoms with van der Waals surface area (Å²) >= 11 is 0. The molecular weight excluding hydrogens is 356 g/mol. The van der Waals surface area contributed by atoms with E-state index in [1.165, 1.54) is 0 Å². The summed E-state index contributed by atoms with van der Waals surface area (Å²) in [6, 6.07) is 15.6. The highest BCUT2D eigenvalue weighted by Crippen LogP contribution is 2.32. The maximum atomic E-state index is 12.6. The third kappa shape index (κ3) is 4.71. The van der Waals surface area contributed by atoms with Gasteiger partial charge in [-0.25, -0.2) is 0 Å². The molecule has 2 aliphatic rings. The zero-order valence-electron chi connectivity index (χ0n) is 15.7. The zero-order valence-corrected chi connectivity index (χ0v) is 15.7. The topological polar surface area (TPSA) is 60.0 Å². The SMILES string of the molecule is O=C(/C=C/c1ccc2c(c1)OCO2)NC(CN1CCOCC1)c1ccccc1. The molecule has 2 aliphatic heterocycles. The van der Waals surface area contributed by atoms with Crippen LogP contribution in [0.15, 0.2) is 54.6 Å². The molecule has 0 saturated carbocycles. The van der Waals surface area contributed by atoms with Gasteiger partial charge in [-0.2, -0.15) is 0 Å². The molecule has 1 fully saturated rings. The molecule has 6 nitrogen and oxygen atoms in total. The van der Waals surface area contributed by atoms with Crippen LogP contribution in [0.1, 0.15) is 17.2 Å². The van der Waals surface area contributed by atoms with Crippen molar-refractivity contribution in [1.82, 2.24) is 10.2 Å². The van der Waals surface area contributed by atoms with Gasteiger partial charge in [0.15, 0.2) is 11.5 Å². The number of ether oxygens (including phenoxy) is 3. The van der Waals surface area contributed by atoms with Gasteiger partial charge >= 0.3 is 0 Å². The second-order valence-corrected chi connectivity index (χ2v) is 6.83. The predicted molar refractivity (Wildman–Crippen MR) is 106 cm³/mol. The van der Waals surface area contributed by atoms with Crippen LogP contribution in [0, 0.1) is 0 Å². The second-order valence-electron chi connectivity index (χ2n) is 6.83. The van der Waals surface area contributed by atoms with Gasteiger partial charge in [-0.3, -0.25) is 9.69 Å². The third-order valence-corrected chi connectivity index (χ3v) is 4.89. The van der Waals surface area contributed by atoms with Crippen LogP contribution in [0.3, 0.4) is 0 Å². The van der Waals surface area contributed by atoms with Crippen LogP contribution in [0.25, 0.3) is 6.08 Å². The van der Waals surface area contributed by atoms with Crippen LogP contribution in [0.5, 0.6) is 11.5 Å². The Morgan fingerprint density at radius 1 is 1.07 bits per heavy atom. The van der Waals surface area contributed by atoms with Crippen molar-refractivity contribution >= 4 is 12.0 Å². The van der Waals surface area contributed by atoms with E-state index in [0.29, 0.717) is 5.75 Å². The zero-order chi connectivity index (χ0) is 19.2. The van der Waals surface area contributed by atoms with Gasteiger partial charge in [-0.15, -0.1) is 0 Å². The molecule has 0 aromatic heterocycles. The Balaban J connectivity index is 1.42. The fourth-order valence-corrected chi connectivity index (χ4v) is 3.37. The van der Waals surface area contributed by atoms with Gasteiger partial charge in [0.25, 0.3) is 0 Å². The highest BCUT2D eigenvalue weighted by atomic mass is 16.7. The van der Waals surface area contributed by atoms with Crippen molar-refractivity contribution in [2.75, 3.05) is 39.6 Å². The number of hydrogen-bond acceptors (Lipinski definition) is 5. The maximum Gasteiger partial charge on any atom is 0.244 e. The van der Waals surface area contributed by atoms with Crippen molar-refractivity contribution in [3.8, 4) is 11.5 Å². The average Bonchev–Trinajstić information content (AvgIpc) is 3.21. The number of carbonyl (C=O) groups is 1. The van der Waals surface area contributed by atoms with Crippen molar-refractivity contribution in [3.63, 3.8) is 0 Å². The molecule has 6 heteroatoms. The van der Waals surface area contributed by atoms with Crippen LogP contribution in [-0.4, -0.2) is 50.4 Å². The van der Waals surface area contributed by atoms with E-state index >= 15 is 0 Å². The van der Waals surface area contributed by atoms with Crippen LogP contribution < -0.4 is 14.8 Å². The first kappa shape index (κ1) is 18.5. The summed E-state index contributed by atoms with van der Waals surface area (Å²) in [5.41, 5.74) is 1.99. The fraction of sp³-hybridized carbons (Fsp3) is 0.318. The first-order valence-electron chi connectivity index (χ1n) is 9.51. The Hall–Kier alpha value is -2.83. The summed E-state index contributed by atoms with van der Waals surface area (Å²) in [7, 11) is 0. The summed E-state index contributed by atoms with van der Waals surface area (Å²) in [6.07, 6.45) is 3.35. The lowest BCUT2D eigenvalue weighted by Crippen LogP contribution is -2.42. The molecule has 1 atom stereocenters. The number of rotatable bonds is 6.